The highest BCUT2D eigenvalue weighted by Gasteiger charge is 2.13. The second-order valence-electron chi connectivity index (χ2n) is 9.43. The molecule has 0 amide bonds. The first-order valence-corrected chi connectivity index (χ1v) is 13.8. The number of carboxylic acids is 2. The molecule has 0 saturated carbocycles. The fourth-order valence-corrected chi connectivity index (χ4v) is 4.05. The third kappa shape index (κ3) is 14.7. The maximum absolute atomic E-state index is 11.3. The summed E-state index contributed by atoms with van der Waals surface area (Å²) in [6, 6.07) is 10.1. The van der Waals surface area contributed by atoms with Crippen LogP contribution in [0.25, 0.3) is 0 Å². The zero-order valence-corrected chi connectivity index (χ0v) is 22.8. The molecule has 0 saturated heterocycles. The maximum atomic E-state index is 11.3. The number of ether oxygens (including phenoxy) is 3. The van der Waals surface area contributed by atoms with E-state index >= 15 is 0 Å². The van der Waals surface area contributed by atoms with Crippen molar-refractivity contribution in [2.75, 3.05) is 46.2 Å². The highest BCUT2D eigenvalue weighted by atomic mass is 16.5. The Morgan fingerprint density at radius 3 is 1.85 bits per heavy atom. The van der Waals surface area contributed by atoms with Gasteiger partial charge in [-0.25, -0.2) is 19.6 Å². The van der Waals surface area contributed by atoms with E-state index in [1.807, 2.05) is 12.1 Å². The molecule has 2 heterocycles. The molecule has 0 aromatic carbocycles. The molecule has 0 bridgehead atoms. The Bertz CT molecular complexity index is 973. The average Bonchev–Trinajstić information content (AvgIpc) is 2.93. The molecular formula is C29H43N3O7. The van der Waals surface area contributed by atoms with Crippen molar-refractivity contribution >= 4 is 11.9 Å². The van der Waals surface area contributed by atoms with E-state index in [4.69, 9.17) is 25.1 Å². The van der Waals surface area contributed by atoms with Gasteiger partial charge in [-0.2, -0.15) is 0 Å². The van der Waals surface area contributed by atoms with Gasteiger partial charge in [0.2, 0.25) is 0 Å². The van der Waals surface area contributed by atoms with Gasteiger partial charge in [0, 0.05) is 37.8 Å². The Hall–Kier alpha value is -2.92. The Morgan fingerprint density at radius 2 is 1.23 bits per heavy atom. The number of rotatable bonds is 23. The van der Waals surface area contributed by atoms with Gasteiger partial charge in [0.15, 0.2) is 0 Å². The van der Waals surface area contributed by atoms with Gasteiger partial charge in [0.05, 0.1) is 13.2 Å². The van der Waals surface area contributed by atoms with Gasteiger partial charge in [-0.05, 0) is 94.5 Å². The van der Waals surface area contributed by atoms with Crippen LogP contribution in [0.3, 0.4) is 0 Å². The minimum absolute atomic E-state index is 0.0563. The SMILES string of the molecule is NCCCCCOCCC(CCOCCOCCCCc1cccc(C(=O)O)n1)Cc1cccc(C(=O)O)n1. The number of nitrogens with two attached hydrogens (primary N) is 1. The van der Waals surface area contributed by atoms with Crippen molar-refractivity contribution in [3.63, 3.8) is 0 Å². The first-order valence-electron chi connectivity index (χ1n) is 13.8. The zero-order valence-electron chi connectivity index (χ0n) is 22.8. The molecule has 0 fully saturated rings. The van der Waals surface area contributed by atoms with Crippen molar-refractivity contribution in [3.8, 4) is 0 Å². The lowest BCUT2D eigenvalue weighted by atomic mass is 9.96. The smallest absolute Gasteiger partial charge is 0.354 e. The number of nitrogens with zero attached hydrogens (tertiary/aromatic N) is 2. The normalized spacial score (nSPS) is 11.9. The van der Waals surface area contributed by atoms with E-state index < -0.39 is 11.9 Å². The molecule has 39 heavy (non-hydrogen) atoms. The Balaban J connectivity index is 1.62. The Morgan fingerprint density at radius 1 is 0.692 bits per heavy atom. The van der Waals surface area contributed by atoms with Crippen LogP contribution >= 0.6 is 0 Å². The van der Waals surface area contributed by atoms with E-state index in [1.54, 1.807) is 12.1 Å². The predicted octanol–water partition coefficient (Wildman–Crippen LogP) is 4.01. The minimum atomic E-state index is -1.03. The summed E-state index contributed by atoms with van der Waals surface area (Å²) in [5.74, 6) is -1.78. The van der Waals surface area contributed by atoms with Gasteiger partial charge in [-0.1, -0.05) is 12.1 Å². The predicted molar refractivity (Wildman–Crippen MR) is 147 cm³/mol. The monoisotopic (exact) mass is 545 g/mol. The van der Waals surface area contributed by atoms with Crippen LogP contribution in [-0.4, -0.2) is 78.3 Å². The molecule has 0 spiro atoms. The highest BCUT2D eigenvalue weighted by molar-refractivity contribution is 5.85. The summed E-state index contributed by atoms with van der Waals surface area (Å²) in [6.45, 7) is 4.26. The minimum Gasteiger partial charge on any atom is -0.477 e. The third-order valence-corrected chi connectivity index (χ3v) is 6.23. The Kier molecular flexibility index (Phi) is 16.6. The molecule has 2 aromatic heterocycles. The van der Waals surface area contributed by atoms with E-state index in [0.717, 1.165) is 62.9 Å². The molecule has 1 unspecified atom stereocenters. The molecule has 0 aliphatic heterocycles. The molecule has 0 aliphatic rings. The number of aromatic nitrogens is 2. The largest absolute Gasteiger partial charge is 0.477 e. The Labute approximate surface area is 230 Å². The lowest BCUT2D eigenvalue weighted by Gasteiger charge is -2.17. The highest BCUT2D eigenvalue weighted by Crippen LogP contribution is 2.16. The number of aryl methyl sites for hydroxylation is 1. The van der Waals surface area contributed by atoms with Gasteiger partial charge in [-0.3, -0.25) is 0 Å². The first kappa shape index (κ1) is 32.3. The van der Waals surface area contributed by atoms with Crippen LogP contribution in [0.2, 0.25) is 0 Å². The molecule has 1 atom stereocenters. The number of hydrogen-bond donors (Lipinski definition) is 3. The van der Waals surface area contributed by atoms with E-state index in [-0.39, 0.29) is 17.3 Å². The molecule has 10 heteroatoms. The summed E-state index contributed by atoms with van der Waals surface area (Å²) in [4.78, 5) is 30.7. The molecule has 2 aromatic rings. The summed E-state index contributed by atoms with van der Waals surface area (Å²) < 4.78 is 17.2. The fourth-order valence-electron chi connectivity index (χ4n) is 4.05. The quantitative estimate of drug-likeness (QED) is 0.174. The number of unbranched alkanes of at least 4 members (excludes halogenated alkanes) is 3. The van der Waals surface area contributed by atoms with Gasteiger partial charge in [0.1, 0.15) is 11.4 Å². The van der Waals surface area contributed by atoms with E-state index in [1.165, 1.54) is 12.1 Å². The first-order chi connectivity index (χ1) is 19.0. The van der Waals surface area contributed by atoms with Crippen molar-refractivity contribution in [2.45, 2.75) is 57.8 Å². The topological polar surface area (TPSA) is 154 Å². The summed E-state index contributed by atoms with van der Waals surface area (Å²) in [5, 5.41) is 18.3. The lowest BCUT2D eigenvalue weighted by Crippen LogP contribution is -2.15. The number of aromatic carboxylic acids is 2. The summed E-state index contributed by atoms with van der Waals surface area (Å²) in [6.07, 6.45) is 7.85. The van der Waals surface area contributed by atoms with Crippen LogP contribution in [0.1, 0.15) is 77.3 Å². The van der Waals surface area contributed by atoms with Gasteiger partial charge in [0.25, 0.3) is 0 Å². The molecule has 0 aliphatic carbocycles. The van der Waals surface area contributed by atoms with Crippen LogP contribution in [0.5, 0.6) is 0 Å². The van der Waals surface area contributed by atoms with Crippen molar-refractivity contribution in [1.82, 2.24) is 9.97 Å². The van der Waals surface area contributed by atoms with Gasteiger partial charge < -0.3 is 30.2 Å². The van der Waals surface area contributed by atoms with Crippen molar-refractivity contribution in [2.24, 2.45) is 11.7 Å². The van der Waals surface area contributed by atoms with Gasteiger partial charge in [-0.15, -0.1) is 0 Å². The number of pyridine rings is 2. The molecule has 2 rings (SSSR count). The second kappa shape index (κ2) is 20.0. The number of hydrogen-bond acceptors (Lipinski definition) is 8. The molecule has 216 valence electrons. The summed E-state index contributed by atoms with van der Waals surface area (Å²) in [5.41, 5.74) is 7.19. The van der Waals surface area contributed by atoms with Crippen molar-refractivity contribution in [3.05, 3.63) is 59.2 Å². The number of carboxylic acid groups (broad SMARTS) is 2. The van der Waals surface area contributed by atoms with Gasteiger partial charge >= 0.3 is 11.9 Å². The van der Waals surface area contributed by atoms with Crippen LogP contribution in [0, 0.1) is 5.92 Å². The summed E-state index contributed by atoms with van der Waals surface area (Å²) in [7, 11) is 0. The second-order valence-corrected chi connectivity index (χ2v) is 9.43. The van der Waals surface area contributed by atoms with Crippen molar-refractivity contribution < 1.29 is 34.0 Å². The molecule has 4 N–H and O–H groups in total. The van der Waals surface area contributed by atoms with E-state index in [9.17, 15) is 14.7 Å². The summed E-state index contributed by atoms with van der Waals surface area (Å²) >= 11 is 0. The van der Waals surface area contributed by atoms with E-state index in [2.05, 4.69) is 9.97 Å². The maximum Gasteiger partial charge on any atom is 0.354 e. The van der Waals surface area contributed by atoms with Crippen LogP contribution in [0.15, 0.2) is 36.4 Å². The van der Waals surface area contributed by atoms with Crippen LogP contribution in [0.4, 0.5) is 0 Å². The zero-order chi connectivity index (χ0) is 28.1. The standard InChI is InChI=1S/C29H43N3O7/c30-15-3-1-4-16-37-18-13-23(22-25-10-7-12-27(32-25)29(35)36)14-19-39-21-20-38-17-5-2-8-24-9-6-11-26(31-24)28(33)34/h6-7,9-12,23H,1-5,8,13-22,30H2,(H,33,34)(H,35,36). The van der Waals surface area contributed by atoms with Crippen LogP contribution < -0.4 is 5.73 Å². The molecular weight excluding hydrogens is 502 g/mol. The average molecular weight is 546 g/mol. The third-order valence-electron chi connectivity index (χ3n) is 6.23. The number of carbonyl (C=O) groups is 2. The molecule has 10 nitrogen and oxygen atoms in total. The molecule has 0 radical (unpaired) electrons. The van der Waals surface area contributed by atoms with Crippen LogP contribution in [-0.2, 0) is 27.1 Å². The van der Waals surface area contributed by atoms with E-state index in [0.29, 0.717) is 52.4 Å². The lowest BCUT2D eigenvalue weighted by molar-refractivity contribution is 0.0390. The fraction of sp³-hybridized carbons (Fsp3) is 0.586. The van der Waals surface area contributed by atoms with Crippen molar-refractivity contribution in [1.29, 1.82) is 0 Å².